The van der Waals surface area contributed by atoms with Gasteiger partial charge >= 0.3 is 0 Å². The Morgan fingerprint density at radius 1 is 1.33 bits per heavy atom. The second-order valence-electron chi connectivity index (χ2n) is 5.04. The first-order valence-corrected chi connectivity index (χ1v) is 9.03. The van der Waals surface area contributed by atoms with E-state index in [0.717, 1.165) is 18.6 Å². The highest BCUT2D eigenvalue weighted by Crippen LogP contribution is 2.28. The van der Waals surface area contributed by atoms with Crippen LogP contribution in [-0.4, -0.2) is 13.3 Å². The minimum Gasteiger partial charge on any atom is -0.544 e. The molecule has 0 radical (unpaired) electrons. The number of fused-ring (bicyclic) bond motifs is 1. The molecule has 1 aromatic heterocycles. The summed E-state index contributed by atoms with van der Waals surface area (Å²) in [6.07, 6.45) is 7.74. The number of aromatic amines is 1. The summed E-state index contributed by atoms with van der Waals surface area (Å²) in [5.41, 5.74) is 2.60. The average Bonchev–Trinajstić information content (AvgIpc) is 2.50. The Hall–Kier alpha value is -0.963. The minimum absolute atomic E-state index is 1.10. The number of aryl methyl sites for hydroxylation is 1. The lowest BCUT2D eigenvalue weighted by molar-refractivity contribution is 0.513. The van der Waals surface area contributed by atoms with Crippen molar-refractivity contribution in [3.05, 3.63) is 29.6 Å². The van der Waals surface area contributed by atoms with Crippen LogP contribution in [0.5, 0.6) is 0 Å². The van der Waals surface area contributed by atoms with E-state index in [-0.39, 0.29) is 0 Å². The van der Waals surface area contributed by atoms with Crippen LogP contribution in [0, 0.1) is 0 Å². The molecule has 2 rings (SSSR count). The van der Waals surface area contributed by atoms with Crippen molar-refractivity contribution in [3.8, 4) is 0 Å². The molecule has 0 amide bonds. The Bertz CT molecular complexity index is 373. The van der Waals surface area contributed by atoms with Gasteiger partial charge in [-0.2, -0.15) is 0 Å². The van der Waals surface area contributed by atoms with Crippen molar-refractivity contribution in [2.24, 2.45) is 0 Å². The fraction of sp³-hybridized carbons (Fsp3) is 0.500. The van der Waals surface area contributed by atoms with E-state index < -0.39 is 8.32 Å². The van der Waals surface area contributed by atoms with Crippen molar-refractivity contribution in [1.82, 2.24) is 4.98 Å². The van der Waals surface area contributed by atoms with Crippen LogP contribution in [0.15, 0.2) is 18.3 Å². The molecule has 0 aromatic carbocycles. The molecular formula is C12H19NOSi. The fourth-order valence-electron chi connectivity index (χ4n) is 1.89. The quantitative estimate of drug-likeness (QED) is 0.759. The van der Waals surface area contributed by atoms with E-state index in [9.17, 15) is 0 Å². The fourth-order valence-corrected chi connectivity index (χ4v) is 2.74. The van der Waals surface area contributed by atoms with Gasteiger partial charge in [-0.05, 0) is 51.0 Å². The third-order valence-corrected chi connectivity index (χ3v) is 3.31. The van der Waals surface area contributed by atoms with Crippen molar-refractivity contribution in [2.75, 3.05) is 0 Å². The molecule has 1 aliphatic carbocycles. The molecule has 0 unspecified atom stereocenters. The van der Waals surface area contributed by atoms with Gasteiger partial charge in [-0.25, -0.2) is 0 Å². The molecule has 1 N–H and O–H groups in total. The molecule has 15 heavy (non-hydrogen) atoms. The van der Waals surface area contributed by atoms with Gasteiger partial charge in [-0.1, -0.05) is 0 Å². The van der Waals surface area contributed by atoms with Gasteiger partial charge in [-0.3, -0.25) is 0 Å². The van der Waals surface area contributed by atoms with E-state index in [2.05, 4.69) is 36.8 Å². The van der Waals surface area contributed by atoms with E-state index in [1.54, 1.807) is 0 Å². The highest BCUT2D eigenvalue weighted by molar-refractivity contribution is 6.70. The third-order valence-electron chi connectivity index (χ3n) is 2.47. The number of nitrogens with one attached hydrogen (secondary N) is 1. The Balaban J connectivity index is 2.29. The molecular weight excluding hydrogens is 202 g/mol. The van der Waals surface area contributed by atoms with Crippen molar-refractivity contribution in [3.63, 3.8) is 0 Å². The molecule has 0 saturated carbocycles. The summed E-state index contributed by atoms with van der Waals surface area (Å²) in [6.45, 7) is 6.68. The van der Waals surface area contributed by atoms with Gasteiger partial charge in [0.15, 0.2) is 0 Å². The van der Waals surface area contributed by atoms with Gasteiger partial charge in [0.05, 0.1) is 0 Å². The number of allylic oxidation sites excluding steroid dienone is 1. The van der Waals surface area contributed by atoms with Crippen LogP contribution in [-0.2, 0) is 10.8 Å². The van der Waals surface area contributed by atoms with E-state index >= 15 is 0 Å². The van der Waals surface area contributed by atoms with Crippen LogP contribution in [0.2, 0.25) is 19.6 Å². The molecule has 0 atom stereocenters. The lowest BCUT2D eigenvalue weighted by Crippen LogP contribution is -2.24. The second-order valence-corrected chi connectivity index (χ2v) is 9.47. The summed E-state index contributed by atoms with van der Waals surface area (Å²) in [7, 11) is -1.49. The number of H-pyrrole nitrogens is 1. The van der Waals surface area contributed by atoms with Crippen LogP contribution < -0.4 is 0 Å². The van der Waals surface area contributed by atoms with Crippen molar-refractivity contribution in [1.29, 1.82) is 0 Å². The zero-order valence-electron chi connectivity index (χ0n) is 9.76. The predicted molar refractivity (Wildman–Crippen MR) is 66.1 cm³/mol. The Labute approximate surface area is 92.5 Å². The zero-order valence-corrected chi connectivity index (χ0v) is 10.8. The lowest BCUT2D eigenvalue weighted by atomic mass is 10.2. The number of hydrogen-bond acceptors (Lipinski definition) is 1. The topological polar surface area (TPSA) is 25.0 Å². The number of rotatable bonds is 2. The van der Waals surface area contributed by atoms with Crippen molar-refractivity contribution in [2.45, 2.75) is 38.9 Å². The largest absolute Gasteiger partial charge is 0.544 e. The highest BCUT2D eigenvalue weighted by atomic mass is 28.4. The monoisotopic (exact) mass is 221 g/mol. The molecule has 0 bridgehead atoms. The maximum atomic E-state index is 6.12. The van der Waals surface area contributed by atoms with Gasteiger partial charge in [0.1, 0.15) is 5.76 Å². The molecule has 0 aliphatic heterocycles. The van der Waals surface area contributed by atoms with Crippen molar-refractivity contribution < 1.29 is 4.43 Å². The summed E-state index contributed by atoms with van der Waals surface area (Å²) in [4.78, 5) is 3.31. The summed E-state index contributed by atoms with van der Waals surface area (Å²) >= 11 is 0. The van der Waals surface area contributed by atoms with Crippen LogP contribution in [0.4, 0.5) is 0 Å². The van der Waals surface area contributed by atoms with Crippen LogP contribution in [0.3, 0.4) is 0 Å². The molecule has 1 aromatic rings. The maximum Gasteiger partial charge on any atom is 0.242 e. The number of hydrogen-bond donors (Lipinski definition) is 1. The molecule has 0 saturated heterocycles. The second kappa shape index (κ2) is 3.89. The van der Waals surface area contributed by atoms with Gasteiger partial charge in [0.25, 0.3) is 0 Å². The van der Waals surface area contributed by atoms with Crippen LogP contribution in [0.1, 0.15) is 24.1 Å². The Kier molecular flexibility index (Phi) is 2.74. The molecule has 0 fully saturated rings. The van der Waals surface area contributed by atoms with Gasteiger partial charge in [0, 0.05) is 17.5 Å². The molecule has 3 heteroatoms. The van der Waals surface area contributed by atoms with E-state index in [4.69, 9.17) is 4.43 Å². The summed E-state index contributed by atoms with van der Waals surface area (Å²) < 4.78 is 6.12. The molecule has 82 valence electrons. The normalized spacial score (nSPS) is 16.6. The van der Waals surface area contributed by atoms with Crippen LogP contribution in [0.25, 0.3) is 5.76 Å². The molecule has 1 aliphatic rings. The van der Waals surface area contributed by atoms with Gasteiger partial charge < -0.3 is 9.41 Å². The maximum absolute atomic E-state index is 6.12. The Morgan fingerprint density at radius 2 is 2.13 bits per heavy atom. The lowest BCUT2D eigenvalue weighted by Gasteiger charge is -2.21. The SMILES string of the molecule is C[Si](C)(C)OC1=CCCCc2[nH]ccc21. The van der Waals surface area contributed by atoms with E-state index in [0.29, 0.717) is 0 Å². The average molecular weight is 221 g/mol. The first kappa shape index (κ1) is 10.6. The van der Waals surface area contributed by atoms with E-state index in [1.165, 1.54) is 17.7 Å². The van der Waals surface area contributed by atoms with Crippen molar-refractivity contribution >= 4 is 14.1 Å². The standard InChI is InChI=1S/C12H19NOSi/c1-15(2,3)14-12-7-5-4-6-11-10(12)8-9-13-11/h7-9,13H,4-6H2,1-3H3. The summed E-state index contributed by atoms with van der Waals surface area (Å²) in [5, 5.41) is 0. The molecule has 0 spiro atoms. The summed E-state index contributed by atoms with van der Waals surface area (Å²) in [6, 6.07) is 2.13. The smallest absolute Gasteiger partial charge is 0.242 e. The minimum atomic E-state index is -1.49. The third kappa shape index (κ3) is 2.53. The zero-order chi connectivity index (χ0) is 10.9. The first-order chi connectivity index (χ1) is 7.06. The van der Waals surface area contributed by atoms with Crippen LogP contribution >= 0.6 is 0 Å². The van der Waals surface area contributed by atoms with Gasteiger partial charge in [-0.15, -0.1) is 0 Å². The summed E-state index contributed by atoms with van der Waals surface area (Å²) in [5.74, 6) is 1.10. The van der Waals surface area contributed by atoms with Gasteiger partial charge in [0.2, 0.25) is 8.32 Å². The highest BCUT2D eigenvalue weighted by Gasteiger charge is 2.21. The van der Waals surface area contributed by atoms with E-state index in [1.807, 2.05) is 6.20 Å². The molecule has 1 heterocycles. The molecule has 2 nitrogen and oxygen atoms in total. The predicted octanol–water partition coefficient (Wildman–Crippen LogP) is 3.54. The first-order valence-electron chi connectivity index (χ1n) is 5.62. The Morgan fingerprint density at radius 3 is 2.87 bits per heavy atom. The number of aromatic nitrogens is 1.